The predicted octanol–water partition coefficient (Wildman–Crippen LogP) is 2.31. The molecule has 2 saturated carbocycles. The van der Waals surface area contributed by atoms with Crippen molar-refractivity contribution < 1.29 is 14.0 Å². The fourth-order valence-corrected chi connectivity index (χ4v) is 3.57. The van der Waals surface area contributed by atoms with Crippen LogP contribution in [0.4, 0.5) is 4.39 Å². The largest absolute Gasteiger partial charge is 0.299 e. The maximum Gasteiger partial charge on any atom is 0.164 e. The minimum absolute atomic E-state index is 0.116. The minimum Gasteiger partial charge on any atom is -0.299 e. The van der Waals surface area contributed by atoms with Gasteiger partial charge < -0.3 is 0 Å². The summed E-state index contributed by atoms with van der Waals surface area (Å²) in [5, 5.41) is 0. The van der Waals surface area contributed by atoms with Gasteiger partial charge in [-0.1, -0.05) is 13.8 Å². The Morgan fingerprint density at radius 1 is 1.53 bits per heavy atom. The van der Waals surface area contributed by atoms with Gasteiger partial charge in [0.15, 0.2) is 5.78 Å². The Kier molecular flexibility index (Phi) is 2.25. The molecule has 2 aliphatic rings. The summed E-state index contributed by atoms with van der Waals surface area (Å²) in [5.74, 6) is 0.168. The van der Waals surface area contributed by atoms with Gasteiger partial charge in [-0.25, -0.2) is 4.39 Å². The molecule has 0 amide bonds. The topological polar surface area (TPSA) is 34.1 Å². The second-order valence-electron chi connectivity index (χ2n) is 5.52. The number of hydrogen-bond acceptors (Lipinski definition) is 2. The molecule has 0 aromatic carbocycles. The lowest BCUT2D eigenvalue weighted by Crippen LogP contribution is -2.38. The number of fused-ring (bicyclic) bond motifs is 2. The molecule has 2 rings (SSSR count). The predicted molar refractivity (Wildman–Crippen MR) is 54.2 cm³/mol. The smallest absolute Gasteiger partial charge is 0.164 e. The average molecular weight is 212 g/mol. The Labute approximate surface area is 89.2 Å². The van der Waals surface area contributed by atoms with Crippen LogP contribution in [0.25, 0.3) is 0 Å². The molecule has 0 N–H and O–H groups in total. The molecule has 2 atom stereocenters. The van der Waals surface area contributed by atoms with Crippen molar-refractivity contribution in [1.82, 2.24) is 0 Å². The minimum atomic E-state index is -0.935. The number of ketones is 2. The van der Waals surface area contributed by atoms with Crippen LogP contribution in [0.1, 0.15) is 39.5 Å². The van der Waals surface area contributed by atoms with Gasteiger partial charge in [0.05, 0.1) is 0 Å². The molecule has 0 aliphatic heterocycles. The van der Waals surface area contributed by atoms with Crippen molar-refractivity contribution in [3.05, 3.63) is 0 Å². The van der Waals surface area contributed by atoms with E-state index in [0.29, 0.717) is 12.3 Å². The highest BCUT2D eigenvalue weighted by atomic mass is 19.1. The van der Waals surface area contributed by atoms with Crippen molar-refractivity contribution in [3.8, 4) is 0 Å². The van der Waals surface area contributed by atoms with Gasteiger partial charge in [-0.3, -0.25) is 9.59 Å². The van der Waals surface area contributed by atoms with E-state index < -0.39 is 17.9 Å². The zero-order valence-corrected chi connectivity index (χ0v) is 9.31. The molecule has 3 heteroatoms. The zero-order valence-electron chi connectivity index (χ0n) is 9.31. The number of carbonyl (C=O) groups excluding carboxylic acids is 2. The Balaban J connectivity index is 2.31. The molecule has 0 aromatic heterocycles. The number of Topliss-reactive ketones (excluding diaryl/α,β-unsaturated/α-hetero) is 2. The lowest BCUT2D eigenvalue weighted by atomic mass is 9.66. The molecule has 0 spiro atoms. The molecule has 0 saturated heterocycles. The first-order valence-corrected chi connectivity index (χ1v) is 5.55. The second kappa shape index (κ2) is 3.13. The van der Waals surface area contributed by atoms with Crippen LogP contribution in [-0.2, 0) is 9.59 Å². The average Bonchev–Trinajstić information content (AvgIpc) is 2.51. The molecule has 2 aliphatic carbocycles. The van der Waals surface area contributed by atoms with E-state index in [0.717, 1.165) is 12.8 Å². The van der Waals surface area contributed by atoms with Crippen molar-refractivity contribution in [2.24, 2.45) is 16.7 Å². The van der Waals surface area contributed by atoms with Gasteiger partial charge in [0, 0.05) is 18.3 Å². The van der Waals surface area contributed by atoms with E-state index in [1.54, 1.807) is 0 Å². The summed E-state index contributed by atoms with van der Waals surface area (Å²) < 4.78 is 12.3. The molecular weight excluding hydrogens is 195 g/mol. The van der Waals surface area contributed by atoms with Gasteiger partial charge >= 0.3 is 0 Å². The van der Waals surface area contributed by atoms with Crippen molar-refractivity contribution in [1.29, 1.82) is 0 Å². The quantitative estimate of drug-likeness (QED) is 0.719. The number of hydrogen-bond donors (Lipinski definition) is 0. The van der Waals surface area contributed by atoms with Crippen LogP contribution in [0.2, 0.25) is 0 Å². The van der Waals surface area contributed by atoms with E-state index in [1.807, 2.05) is 0 Å². The van der Waals surface area contributed by atoms with Crippen LogP contribution in [-0.4, -0.2) is 18.2 Å². The fraction of sp³-hybridized carbons (Fsp3) is 0.833. The van der Waals surface area contributed by atoms with Crippen molar-refractivity contribution in [3.63, 3.8) is 0 Å². The van der Waals surface area contributed by atoms with Gasteiger partial charge in [-0.05, 0) is 24.2 Å². The van der Waals surface area contributed by atoms with Crippen LogP contribution < -0.4 is 0 Å². The van der Waals surface area contributed by atoms with Crippen LogP contribution in [0.15, 0.2) is 0 Å². The second-order valence-corrected chi connectivity index (χ2v) is 5.52. The molecule has 2 fully saturated rings. The maximum absolute atomic E-state index is 12.3. The summed E-state index contributed by atoms with van der Waals surface area (Å²) in [7, 11) is 0. The van der Waals surface area contributed by atoms with E-state index >= 15 is 0 Å². The van der Waals surface area contributed by atoms with Crippen LogP contribution in [0.3, 0.4) is 0 Å². The Morgan fingerprint density at radius 2 is 2.20 bits per heavy atom. The maximum atomic E-state index is 12.3. The van der Waals surface area contributed by atoms with Crippen LogP contribution in [0.5, 0.6) is 0 Å². The lowest BCUT2D eigenvalue weighted by Gasteiger charge is -2.35. The highest BCUT2D eigenvalue weighted by molar-refractivity contribution is 5.94. The third kappa shape index (κ3) is 1.21. The van der Waals surface area contributed by atoms with E-state index in [-0.39, 0.29) is 17.6 Å². The summed E-state index contributed by atoms with van der Waals surface area (Å²) in [6, 6.07) is 0. The van der Waals surface area contributed by atoms with Gasteiger partial charge in [-0.2, -0.15) is 0 Å². The van der Waals surface area contributed by atoms with E-state index in [4.69, 9.17) is 0 Å². The van der Waals surface area contributed by atoms with E-state index in [1.165, 1.54) is 0 Å². The molecule has 2 bridgehead atoms. The highest BCUT2D eigenvalue weighted by Gasteiger charge is 2.64. The molecule has 0 heterocycles. The SMILES string of the molecule is CC1(C)C2CCC1(CC(=O)CF)C(=O)C2. The number of halogens is 1. The summed E-state index contributed by atoms with van der Waals surface area (Å²) in [4.78, 5) is 23.2. The normalized spacial score (nSPS) is 37.3. The molecular formula is C12H17FO2. The molecule has 0 radical (unpaired) electrons. The summed E-state index contributed by atoms with van der Waals surface area (Å²) in [5.41, 5.74) is -0.657. The lowest BCUT2D eigenvalue weighted by molar-refractivity contribution is -0.135. The van der Waals surface area contributed by atoms with Crippen molar-refractivity contribution in [2.45, 2.75) is 39.5 Å². The number of alkyl halides is 1. The summed E-state index contributed by atoms with van der Waals surface area (Å²) >= 11 is 0. The van der Waals surface area contributed by atoms with Gasteiger partial charge in [0.25, 0.3) is 0 Å². The first-order chi connectivity index (χ1) is 6.94. The van der Waals surface area contributed by atoms with Crippen LogP contribution >= 0.6 is 0 Å². The summed E-state index contributed by atoms with van der Waals surface area (Å²) in [6.45, 7) is 3.18. The molecule has 0 aromatic rings. The van der Waals surface area contributed by atoms with Crippen LogP contribution in [0, 0.1) is 16.7 Å². The fourth-order valence-electron chi connectivity index (χ4n) is 3.57. The van der Waals surface area contributed by atoms with Gasteiger partial charge in [0.1, 0.15) is 12.5 Å². The summed E-state index contributed by atoms with van der Waals surface area (Å²) in [6.07, 6.45) is 2.49. The highest BCUT2D eigenvalue weighted by Crippen LogP contribution is 2.65. The number of rotatable bonds is 3. The van der Waals surface area contributed by atoms with E-state index in [2.05, 4.69) is 13.8 Å². The molecule has 84 valence electrons. The standard InChI is InChI=1S/C12H17FO2/c1-11(2)8-3-4-12(11,10(15)5-8)6-9(14)7-13/h8H,3-7H2,1-2H3. The van der Waals surface area contributed by atoms with Gasteiger partial charge in [0.2, 0.25) is 0 Å². The third-order valence-corrected chi connectivity index (χ3v) is 4.79. The first-order valence-electron chi connectivity index (χ1n) is 5.55. The number of carbonyl (C=O) groups is 2. The molecule has 15 heavy (non-hydrogen) atoms. The zero-order chi connectivity index (χ0) is 11.3. The monoisotopic (exact) mass is 212 g/mol. The van der Waals surface area contributed by atoms with Gasteiger partial charge in [-0.15, -0.1) is 0 Å². The van der Waals surface area contributed by atoms with E-state index in [9.17, 15) is 14.0 Å². The van der Waals surface area contributed by atoms with Crippen molar-refractivity contribution in [2.75, 3.05) is 6.67 Å². The molecule has 2 nitrogen and oxygen atoms in total. The third-order valence-electron chi connectivity index (χ3n) is 4.79. The first kappa shape index (κ1) is 10.8. The molecule has 2 unspecified atom stereocenters. The Bertz CT molecular complexity index is 322. The van der Waals surface area contributed by atoms with Crippen molar-refractivity contribution >= 4 is 11.6 Å². The Hall–Kier alpha value is -0.730. The Morgan fingerprint density at radius 3 is 2.60 bits per heavy atom.